The molecule has 0 aliphatic carbocycles. The number of carbonyl (C=O) groups is 1. The third kappa shape index (κ3) is 3.27. The fraction of sp³-hybridized carbons (Fsp3) is 0.533. The van der Waals surface area contributed by atoms with Crippen LogP contribution in [0.4, 0.5) is 4.39 Å². The molecule has 0 aromatic heterocycles. The summed E-state index contributed by atoms with van der Waals surface area (Å²) in [6.07, 6.45) is 0.950. The molecule has 0 bridgehead atoms. The van der Waals surface area contributed by atoms with Crippen LogP contribution in [0.5, 0.6) is 0 Å². The van der Waals surface area contributed by atoms with Gasteiger partial charge in [-0.2, -0.15) is 0 Å². The maximum atomic E-state index is 13.4. The van der Waals surface area contributed by atoms with Crippen molar-refractivity contribution in [1.29, 1.82) is 0 Å². The average Bonchev–Trinajstić information content (AvgIpc) is 2.75. The minimum atomic E-state index is -0.937. The lowest BCUT2D eigenvalue weighted by Gasteiger charge is -2.39. The number of ether oxygens (including phenoxy) is 1. The number of nitrogens with zero attached hydrogens (tertiary/aromatic N) is 1. The summed E-state index contributed by atoms with van der Waals surface area (Å²) in [5, 5.41) is 3.32. The van der Waals surface area contributed by atoms with Gasteiger partial charge in [0.05, 0.1) is 7.11 Å². The van der Waals surface area contributed by atoms with Crippen molar-refractivity contribution >= 4 is 21.9 Å². The summed E-state index contributed by atoms with van der Waals surface area (Å²) >= 11 is 3.38. The minimum Gasteiger partial charge on any atom is -0.467 e. The van der Waals surface area contributed by atoms with Gasteiger partial charge in [-0.25, -0.2) is 9.18 Å². The molecule has 1 atom stereocenters. The zero-order valence-electron chi connectivity index (χ0n) is 12.3. The topological polar surface area (TPSA) is 41.6 Å². The van der Waals surface area contributed by atoms with E-state index in [4.69, 9.17) is 4.74 Å². The van der Waals surface area contributed by atoms with Crippen molar-refractivity contribution in [2.75, 3.05) is 33.3 Å². The second-order valence-electron chi connectivity index (χ2n) is 5.28. The molecule has 1 aliphatic heterocycles. The zero-order valence-corrected chi connectivity index (χ0v) is 13.9. The van der Waals surface area contributed by atoms with Crippen molar-refractivity contribution in [3.8, 4) is 0 Å². The highest BCUT2D eigenvalue weighted by Gasteiger charge is 2.43. The number of halogens is 2. The molecule has 1 aromatic carbocycles. The number of rotatable bonds is 3. The van der Waals surface area contributed by atoms with Crippen LogP contribution in [-0.4, -0.2) is 44.2 Å². The van der Waals surface area contributed by atoms with Crippen LogP contribution in [0.1, 0.15) is 18.9 Å². The van der Waals surface area contributed by atoms with Crippen LogP contribution in [-0.2, 0) is 15.1 Å². The van der Waals surface area contributed by atoms with Gasteiger partial charge < -0.3 is 10.1 Å². The lowest BCUT2D eigenvalue weighted by atomic mass is 9.89. The van der Waals surface area contributed by atoms with Crippen LogP contribution in [0.2, 0.25) is 0 Å². The highest BCUT2D eigenvalue weighted by molar-refractivity contribution is 9.10. The van der Waals surface area contributed by atoms with Crippen molar-refractivity contribution in [1.82, 2.24) is 10.2 Å². The Hall–Kier alpha value is -0.980. The first-order chi connectivity index (χ1) is 10.00. The standard InChI is InChI=1S/C15H20BrFN2O2/c1-15(14(20)21-2,19-8-3-6-18-7-9-19)12-5-4-11(17)10-13(12)16/h4-5,10,18H,3,6-9H2,1-2H3. The molecular weight excluding hydrogens is 339 g/mol. The molecule has 1 heterocycles. The van der Waals surface area contributed by atoms with Gasteiger partial charge in [0, 0.05) is 24.1 Å². The largest absolute Gasteiger partial charge is 0.467 e. The minimum absolute atomic E-state index is 0.336. The van der Waals surface area contributed by atoms with E-state index in [1.807, 2.05) is 6.92 Å². The molecule has 0 radical (unpaired) electrons. The molecule has 1 saturated heterocycles. The van der Waals surface area contributed by atoms with E-state index in [9.17, 15) is 9.18 Å². The van der Waals surface area contributed by atoms with Crippen molar-refractivity contribution in [3.05, 3.63) is 34.1 Å². The van der Waals surface area contributed by atoms with Crippen molar-refractivity contribution < 1.29 is 13.9 Å². The number of hydrogen-bond acceptors (Lipinski definition) is 4. The molecule has 1 unspecified atom stereocenters. The summed E-state index contributed by atoms with van der Waals surface area (Å²) in [7, 11) is 1.38. The van der Waals surface area contributed by atoms with Crippen LogP contribution >= 0.6 is 15.9 Å². The Kier molecular flexibility index (Phi) is 5.35. The molecule has 0 spiro atoms. The van der Waals surface area contributed by atoms with Gasteiger partial charge in [0.1, 0.15) is 11.4 Å². The van der Waals surface area contributed by atoms with Gasteiger partial charge in [0.2, 0.25) is 0 Å². The molecule has 21 heavy (non-hydrogen) atoms. The van der Waals surface area contributed by atoms with Gasteiger partial charge >= 0.3 is 5.97 Å². The SMILES string of the molecule is COC(=O)C(C)(c1ccc(F)cc1Br)N1CCCNCC1. The molecule has 0 saturated carbocycles. The summed E-state index contributed by atoms with van der Waals surface area (Å²) in [5.74, 6) is -0.674. The maximum Gasteiger partial charge on any atom is 0.330 e. The van der Waals surface area contributed by atoms with Crippen molar-refractivity contribution in [2.24, 2.45) is 0 Å². The zero-order chi connectivity index (χ0) is 15.5. The van der Waals surface area contributed by atoms with Crippen molar-refractivity contribution in [2.45, 2.75) is 18.9 Å². The average molecular weight is 359 g/mol. The normalized spacial score (nSPS) is 19.6. The van der Waals surface area contributed by atoms with Crippen molar-refractivity contribution in [3.63, 3.8) is 0 Å². The first-order valence-electron chi connectivity index (χ1n) is 7.00. The van der Waals surface area contributed by atoms with E-state index >= 15 is 0 Å². The highest BCUT2D eigenvalue weighted by Crippen LogP contribution is 2.35. The molecule has 0 amide bonds. The second kappa shape index (κ2) is 6.85. The predicted octanol–water partition coefficient (Wildman–Crippen LogP) is 2.27. The summed E-state index contributed by atoms with van der Waals surface area (Å²) in [5.41, 5.74) is -0.217. The van der Waals surface area contributed by atoms with E-state index in [-0.39, 0.29) is 11.8 Å². The Balaban J connectivity index is 2.47. The van der Waals surface area contributed by atoms with Gasteiger partial charge in [0.25, 0.3) is 0 Å². The predicted molar refractivity (Wildman–Crippen MR) is 82.5 cm³/mol. The van der Waals surface area contributed by atoms with Gasteiger partial charge in [-0.15, -0.1) is 0 Å². The lowest BCUT2D eigenvalue weighted by molar-refractivity contribution is -0.155. The number of benzene rings is 1. The smallest absolute Gasteiger partial charge is 0.330 e. The summed E-state index contributed by atoms with van der Waals surface area (Å²) < 4.78 is 19.0. The van der Waals surface area contributed by atoms with Crippen LogP contribution in [0, 0.1) is 5.82 Å². The Morgan fingerprint density at radius 2 is 2.19 bits per heavy atom. The van der Waals surface area contributed by atoms with E-state index in [1.54, 1.807) is 6.07 Å². The number of nitrogens with one attached hydrogen (secondary N) is 1. The molecule has 4 nitrogen and oxygen atoms in total. The fourth-order valence-corrected chi connectivity index (χ4v) is 3.52. The number of carbonyl (C=O) groups excluding carboxylic acids is 1. The van der Waals surface area contributed by atoms with Crippen LogP contribution in [0.15, 0.2) is 22.7 Å². The van der Waals surface area contributed by atoms with E-state index < -0.39 is 5.54 Å². The highest BCUT2D eigenvalue weighted by atomic mass is 79.9. The summed E-state index contributed by atoms with van der Waals surface area (Å²) in [4.78, 5) is 14.6. The van der Waals surface area contributed by atoms with Crippen LogP contribution < -0.4 is 5.32 Å². The quantitative estimate of drug-likeness (QED) is 0.841. The molecule has 1 fully saturated rings. The molecule has 6 heteroatoms. The fourth-order valence-electron chi connectivity index (χ4n) is 2.79. The van der Waals surface area contributed by atoms with Crippen LogP contribution in [0.3, 0.4) is 0 Å². The third-order valence-electron chi connectivity index (χ3n) is 4.01. The van der Waals surface area contributed by atoms with Gasteiger partial charge in [-0.1, -0.05) is 22.0 Å². The van der Waals surface area contributed by atoms with Crippen LogP contribution in [0.25, 0.3) is 0 Å². The Morgan fingerprint density at radius 3 is 2.86 bits per heavy atom. The van der Waals surface area contributed by atoms with Gasteiger partial charge in [0.15, 0.2) is 0 Å². The molecular formula is C15H20BrFN2O2. The van der Waals surface area contributed by atoms with E-state index in [1.165, 1.54) is 19.2 Å². The molecule has 2 rings (SSSR count). The second-order valence-corrected chi connectivity index (χ2v) is 6.13. The molecule has 1 aromatic rings. The molecule has 116 valence electrons. The molecule has 1 aliphatic rings. The van der Waals surface area contributed by atoms with Gasteiger partial charge in [-0.3, -0.25) is 4.90 Å². The van der Waals surface area contributed by atoms with E-state index in [0.29, 0.717) is 4.47 Å². The van der Waals surface area contributed by atoms with E-state index in [0.717, 1.165) is 38.2 Å². The summed E-state index contributed by atoms with van der Waals surface area (Å²) in [6.45, 7) is 5.09. The van der Waals surface area contributed by atoms with E-state index in [2.05, 4.69) is 26.1 Å². The maximum absolute atomic E-state index is 13.4. The van der Waals surface area contributed by atoms with Gasteiger partial charge in [-0.05, 0) is 37.6 Å². The number of methoxy groups -OCH3 is 1. The lowest BCUT2D eigenvalue weighted by Crippen LogP contribution is -2.51. The Bertz CT molecular complexity index is 518. The monoisotopic (exact) mass is 358 g/mol. The Morgan fingerprint density at radius 1 is 1.43 bits per heavy atom. The molecule has 1 N–H and O–H groups in total. The first-order valence-corrected chi connectivity index (χ1v) is 7.79. The number of esters is 1. The summed E-state index contributed by atoms with van der Waals surface area (Å²) in [6, 6.07) is 4.40. The first kappa shape index (κ1) is 16.4. The third-order valence-corrected chi connectivity index (χ3v) is 4.67. The Labute approximate surface area is 132 Å². The number of hydrogen-bond donors (Lipinski definition) is 1.